The molecule has 0 bridgehead atoms. The molecule has 0 spiro atoms. The monoisotopic (exact) mass is 117 g/mol. The predicted molar refractivity (Wildman–Crippen MR) is 29.7 cm³/mol. The van der Waals surface area contributed by atoms with E-state index in [1.54, 1.807) is 0 Å². The molecule has 1 fully saturated rings. The summed E-state index contributed by atoms with van der Waals surface area (Å²) >= 11 is 0. The average Bonchev–Trinajstić information content (AvgIpc) is 2.51. The van der Waals surface area contributed by atoms with Crippen molar-refractivity contribution in [3.05, 3.63) is 0 Å². The lowest BCUT2D eigenvalue weighted by molar-refractivity contribution is 0.288. The van der Waals surface area contributed by atoms with Gasteiger partial charge < -0.3 is 15.2 Å². The van der Waals surface area contributed by atoms with Crippen LogP contribution in [0.15, 0.2) is 0 Å². The van der Waals surface area contributed by atoms with Gasteiger partial charge in [-0.25, -0.2) is 0 Å². The Labute approximate surface area is 48.7 Å². The second kappa shape index (κ2) is 3.02. The summed E-state index contributed by atoms with van der Waals surface area (Å²) in [5.74, 6) is 0. The van der Waals surface area contributed by atoms with Gasteiger partial charge in [-0.3, -0.25) is 0 Å². The van der Waals surface area contributed by atoms with Crippen molar-refractivity contribution in [3.8, 4) is 0 Å². The molecule has 0 amide bonds. The summed E-state index contributed by atoms with van der Waals surface area (Å²) in [6.07, 6.45) is 0.432. The fourth-order valence-electron chi connectivity index (χ4n) is 0.528. The zero-order valence-electron chi connectivity index (χ0n) is 4.76. The first-order chi connectivity index (χ1) is 3.93. The molecule has 1 rings (SSSR count). The van der Waals surface area contributed by atoms with Crippen LogP contribution in [-0.4, -0.2) is 37.5 Å². The molecule has 3 nitrogen and oxygen atoms in total. The highest BCUT2D eigenvalue weighted by atomic mass is 16.6. The van der Waals surface area contributed by atoms with E-state index in [-0.39, 0.29) is 6.61 Å². The molecule has 3 heteroatoms. The Bertz CT molecular complexity index is 63.4. The zero-order chi connectivity index (χ0) is 5.82. The molecule has 0 radical (unpaired) electrons. The van der Waals surface area contributed by atoms with E-state index in [4.69, 9.17) is 9.84 Å². The topological polar surface area (TPSA) is 44.8 Å². The second-order valence-corrected chi connectivity index (χ2v) is 1.88. The van der Waals surface area contributed by atoms with Gasteiger partial charge in [0.2, 0.25) is 0 Å². The minimum Gasteiger partial charge on any atom is -0.395 e. The smallest absolute Gasteiger partial charge is 0.0933 e. The second-order valence-electron chi connectivity index (χ2n) is 1.88. The van der Waals surface area contributed by atoms with E-state index in [9.17, 15) is 0 Å². The third-order valence-electron chi connectivity index (χ3n) is 1.06. The average molecular weight is 117 g/mol. The summed E-state index contributed by atoms with van der Waals surface area (Å²) in [5, 5.41) is 11.3. The summed E-state index contributed by atoms with van der Waals surface area (Å²) in [7, 11) is 0. The van der Waals surface area contributed by atoms with Crippen molar-refractivity contribution in [3.63, 3.8) is 0 Å². The van der Waals surface area contributed by atoms with E-state index in [0.29, 0.717) is 12.6 Å². The Morgan fingerprint density at radius 1 is 1.75 bits per heavy atom. The number of aliphatic hydroxyl groups excluding tert-OH is 1. The van der Waals surface area contributed by atoms with Gasteiger partial charge in [-0.05, 0) is 0 Å². The van der Waals surface area contributed by atoms with E-state index >= 15 is 0 Å². The SMILES string of the molecule is OCCNC[C@@H]1CO1. The van der Waals surface area contributed by atoms with Crippen LogP contribution in [0.5, 0.6) is 0 Å². The molecule has 1 atom stereocenters. The van der Waals surface area contributed by atoms with Crippen LogP contribution >= 0.6 is 0 Å². The van der Waals surface area contributed by atoms with Gasteiger partial charge in [-0.15, -0.1) is 0 Å². The van der Waals surface area contributed by atoms with Crippen molar-refractivity contribution in [1.29, 1.82) is 0 Å². The molecule has 0 aromatic heterocycles. The number of ether oxygens (including phenoxy) is 1. The highest BCUT2D eigenvalue weighted by molar-refractivity contribution is 4.70. The lowest BCUT2D eigenvalue weighted by Gasteiger charge is -1.95. The first-order valence-corrected chi connectivity index (χ1v) is 2.86. The Morgan fingerprint density at radius 2 is 2.50 bits per heavy atom. The number of hydrogen-bond donors (Lipinski definition) is 2. The van der Waals surface area contributed by atoms with Crippen molar-refractivity contribution in [1.82, 2.24) is 5.32 Å². The van der Waals surface area contributed by atoms with Crippen molar-refractivity contribution < 1.29 is 9.84 Å². The molecule has 2 N–H and O–H groups in total. The van der Waals surface area contributed by atoms with Gasteiger partial charge in [-0.2, -0.15) is 0 Å². The third kappa shape index (κ3) is 2.26. The highest BCUT2D eigenvalue weighted by Crippen LogP contribution is 2.05. The van der Waals surface area contributed by atoms with E-state index in [1.807, 2.05) is 0 Å². The van der Waals surface area contributed by atoms with Crippen molar-refractivity contribution in [2.45, 2.75) is 6.10 Å². The van der Waals surface area contributed by atoms with Gasteiger partial charge in [0.05, 0.1) is 19.3 Å². The Balaban J connectivity index is 1.74. The predicted octanol–water partition coefficient (Wildman–Crippen LogP) is -1.03. The van der Waals surface area contributed by atoms with Gasteiger partial charge in [0, 0.05) is 13.1 Å². The van der Waals surface area contributed by atoms with Crippen LogP contribution in [0.4, 0.5) is 0 Å². The summed E-state index contributed by atoms with van der Waals surface area (Å²) < 4.78 is 4.91. The van der Waals surface area contributed by atoms with E-state index < -0.39 is 0 Å². The minimum atomic E-state index is 0.215. The van der Waals surface area contributed by atoms with Gasteiger partial charge in [0.25, 0.3) is 0 Å². The molecule has 1 aliphatic rings. The van der Waals surface area contributed by atoms with Crippen LogP contribution < -0.4 is 5.32 Å². The normalized spacial score (nSPS) is 25.9. The molecule has 1 heterocycles. The first-order valence-electron chi connectivity index (χ1n) is 2.86. The molecule has 0 aromatic rings. The molecule has 1 aliphatic heterocycles. The van der Waals surface area contributed by atoms with Crippen LogP contribution in [0.3, 0.4) is 0 Å². The van der Waals surface area contributed by atoms with E-state index in [2.05, 4.69) is 5.32 Å². The molecule has 0 aromatic carbocycles. The quantitative estimate of drug-likeness (QED) is 0.365. The first kappa shape index (κ1) is 6.01. The Morgan fingerprint density at radius 3 is 3.00 bits per heavy atom. The van der Waals surface area contributed by atoms with Gasteiger partial charge in [0.15, 0.2) is 0 Å². The lowest BCUT2D eigenvalue weighted by Crippen LogP contribution is -2.22. The molecule has 1 saturated heterocycles. The Kier molecular flexibility index (Phi) is 2.27. The highest BCUT2D eigenvalue weighted by Gasteiger charge is 2.20. The maximum Gasteiger partial charge on any atom is 0.0933 e. The molecule has 8 heavy (non-hydrogen) atoms. The molecule has 0 aliphatic carbocycles. The number of hydrogen-bond acceptors (Lipinski definition) is 3. The number of nitrogens with one attached hydrogen (secondary N) is 1. The molecular weight excluding hydrogens is 106 g/mol. The number of aliphatic hydroxyl groups is 1. The van der Waals surface area contributed by atoms with Crippen LogP contribution in [0, 0.1) is 0 Å². The summed E-state index contributed by atoms with van der Waals surface area (Å²) in [4.78, 5) is 0. The van der Waals surface area contributed by atoms with Crippen molar-refractivity contribution >= 4 is 0 Å². The lowest BCUT2D eigenvalue weighted by atomic mass is 10.5. The third-order valence-corrected chi connectivity index (χ3v) is 1.06. The van der Waals surface area contributed by atoms with Gasteiger partial charge in [0.1, 0.15) is 0 Å². The van der Waals surface area contributed by atoms with Crippen molar-refractivity contribution in [2.24, 2.45) is 0 Å². The molecular formula is C5H11NO2. The minimum absolute atomic E-state index is 0.215. The molecule has 0 unspecified atom stereocenters. The van der Waals surface area contributed by atoms with Crippen LogP contribution in [0.2, 0.25) is 0 Å². The number of rotatable bonds is 4. The maximum absolute atomic E-state index is 8.30. The van der Waals surface area contributed by atoms with Crippen LogP contribution in [-0.2, 0) is 4.74 Å². The number of epoxide rings is 1. The molecule has 0 saturated carbocycles. The summed E-state index contributed by atoms with van der Waals surface area (Å²) in [5.41, 5.74) is 0. The molecule has 48 valence electrons. The van der Waals surface area contributed by atoms with Crippen LogP contribution in [0.25, 0.3) is 0 Å². The zero-order valence-corrected chi connectivity index (χ0v) is 4.76. The van der Waals surface area contributed by atoms with E-state index in [0.717, 1.165) is 13.2 Å². The maximum atomic E-state index is 8.30. The van der Waals surface area contributed by atoms with E-state index in [1.165, 1.54) is 0 Å². The largest absolute Gasteiger partial charge is 0.395 e. The Hall–Kier alpha value is -0.120. The van der Waals surface area contributed by atoms with Gasteiger partial charge >= 0.3 is 0 Å². The standard InChI is InChI=1S/C5H11NO2/c7-2-1-6-3-5-4-8-5/h5-7H,1-4H2/t5-/m1/s1. The fraction of sp³-hybridized carbons (Fsp3) is 1.00. The van der Waals surface area contributed by atoms with Gasteiger partial charge in [-0.1, -0.05) is 0 Å². The fourth-order valence-corrected chi connectivity index (χ4v) is 0.528. The summed E-state index contributed by atoms with van der Waals surface area (Å²) in [6.45, 7) is 2.67. The van der Waals surface area contributed by atoms with Crippen LogP contribution in [0.1, 0.15) is 0 Å². The van der Waals surface area contributed by atoms with Crippen molar-refractivity contribution in [2.75, 3.05) is 26.3 Å². The summed E-state index contributed by atoms with van der Waals surface area (Å²) in [6, 6.07) is 0.